The Morgan fingerprint density at radius 3 is 0.839 bits per heavy atom. The molecule has 2 saturated heterocycles. The van der Waals surface area contributed by atoms with Gasteiger partial charge in [-0.25, -0.2) is 0 Å². The molecule has 0 aromatic rings. The molecule has 2 rings (SSSR count). The van der Waals surface area contributed by atoms with E-state index in [0.717, 1.165) is 0 Å². The van der Waals surface area contributed by atoms with Crippen LogP contribution in [0.3, 0.4) is 0 Å². The summed E-state index contributed by atoms with van der Waals surface area (Å²) in [4.78, 5) is 88.2. The number of carboxylic acid groups (broad SMARTS) is 6. The number of hydrogen-bond acceptors (Lipinski definition) is 18. The molecule has 0 radical (unpaired) electrons. The SMILES string of the molecule is COCCOCCN1CCN(CC(=O)O)CCN(C(C(=O)O)C(C(=O)O)N2CCN(CC(=O)O)CCN(CCOCCOC)CCN(CC(=O)O)CC2)CCN(CC(=O)O)CC1. The van der Waals surface area contributed by atoms with Crippen LogP contribution in [0.15, 0.2) is 0 Å². The molecule has 6 N–H and O–H groups in total. The number of carbonyl (C=O) groups is 6. The van der Waals surface area contributed by atoms with Gasteiger partial charge in [0.05, 0.1) is 65.8 Å². The molecule has 24 heteroatoms. The van der Waals surface area contributed by atoms with Crippen LogP contribution >= 0.6 is 0 Å². The van der Waals surface area contributed by atoms with Crippen LogP contribution in [0.5, 0.6) is 0 Å². The van der Waals surface area contributed by atoms with Gasteiger partial charge in [-0.05, 0) is 0 Å². The summed E-state index contributed by atoms with van der Waals surface area (Å²) in [5.41, 5.74) is 0. The first-order valence-electron chi connectivity index (χ1n) is 20.9. The van der Waals surface area contributed by atoms with Crippen molar-refractivity contribution in [1.82, 2.24) is 39.2 Å². The maximum Gasteiger partial charge on any atom is 0.323 e. The van der Waals surface area contributed by atoms with Gasteiger partial charge in [-0.2, -0.15) is 0 Å². The van der Waals surface area contributed by atoms with Crippen molar-refractivity contribution in [2.45, 2.75) is 12.1 Å². The fraction of sp³-hybridized carbons (Fsp3) is 0.842. The maximum atomic E-state index is 13.4. The molecular formula is C38H70N8O16. The van der Waals surface area contributed by atoms with Crippen molar-refractivity contribution in [3.8, 4) is 0 Å². The monoisotopic (exact) mass is 894 g/mol. The predicted molar refractivity (Wildman–Crippen MR) is 221 cm³/mol. The van der Waals surface area contributed by atoms with E-state index in [2.05, 4.69) is 0 Å². The normalized spacial score (nSPS) is 20.2. The van der Waals surface area contributed by atoms with Crippen molar-refractivity contribution in [2.75, 3.05) is 198 Å². The zero-order valence-electron chi connectivity index (χ0n) is 36.3. The van der Waals surface area contributed by atoms with Crippen molar-refractivity contribution in [2.24, 2.45) is 0 Å². The minimum absolute atomic E-state index is 0.0340. The lowest BCUT2D eigenvalue weighted by Crippen LogP contribution is -2.63. The molecule has 0 spiro atoms. The molecule has 2 aliphatic heterocycles. The molecule has 0 aromatic carbocycles. The smallest absolute Gasteiger partial charge is 0.323 e. The third-order valence-electron chi connectivity index (χ3n) is 10.7. The van der Waals surface area contributed by atoms with E-state index < -0.39 is 47.9 Å². The zero-order valence-corrected chi connectivity index (χ0v) is 36.3. The summed E-state index contributed by atoms with van der Waals surface area (Å²) in [6.45, 7) is 4.04. The molecule has 2 atom stereocenters. The van der Waals surface area contributed by atoms with Gasteiger partial charge in [-0.3, -0.25) is 68.0 Å². The number of rotatable bonds is 25. The molecule has 0 amide bonds. The first-order valence-corrected chi connectivity index (χ1v) is 20.9. The Kier molecular flexibility index (Phi) is 27.4. The second-order valence-corrected chi connectivity index (χ2v) is 15.2. The van der Waals surface area contributed by atoms with Crippen molar-refractivity contribution in [3.63, 3.8) is 0 Å². The van der Waals surface area contributed by atoms with E-state index in [4.69, 9.17) is 18.9 Å². The van der Waals surface area contributed by atoms with E-state index in [1.54, 1.807) is 33.8 Å². The third kappa shape index (κ3) is 23.1. The number of ether oxygens (including phenoxy) is 4. The third-order valence-corrected chi connectivity index (χ3v) is 10.7. The summed E-state index contributed by atoms with van der Waals surface area (Å²) >= 11 is 0. The number of hydrogen-bond donors (Lipinski definition) is 6. The van der Waals surface area contributed by atoms with E-state index in [-0.39, 0.29) is 105 Å². The van der Waals surface area contributed by atoms with Crippen molar-refractivity contribution in [1.29, 1.82) is 0 Å². The number of nitrogens with zero attached hydrogens (tertiary/aromatic N) is 8. The lowest BCUT2D eigenvalue weighted by atomic mass is 10.0. The second kappa shape index (κ2) is 31.2. The lowest BCUT2D eigenvalue weighted by molar-refractivity contribution is -0.158. The molecule has 62 heavy (non-hydrogen) atoms. The highest BCUT2D eigenvalue weighted by Gasteiger charge is 2.43. The van der Waals surface area contributed by atoms with Gasteiger partial charge < -0.3 is 49.6 Å². The highest BCUT2D eigenvalue weighted by Crippen LogP contribution is 2.16. The summed E-state index contributed by atoms with van der Waals surface area (Å²) in [5, 5.41) is 60.9. The zero-order chi connectivity index (χ0) is 45.9. The molecule has 2 heterocycles. The first-order chi connectivity index (χ1) is 29.6. The largest absolute Gasteiger partial charge is 0.480 e. The van der Waals surface area contributed by atoms with Crippen LogP contribution in [0.2, 0.25) is 0 Å². The molecule has 2 fully saturated rings. The molecule has 2 unspecified atom stereocenters. The van der Waals surface area contributed by atoms with Gasteiger partial charge >= 0.3 is 35.8 Å². The van der Waals surface area contributed by atoms with Gasteiger partial charge in [0.15, 0.2) is 0 Å². The predicted octanol–water partition coefficient (Wildman–Crippen LogP) is -4.00. The minimum atomic E-state index is -1.74. The molecule has 0 saturated carbocycles. The highest BCUT2D eigenvalue weighted by atomic mass is 16.5. The van der Waals surface area contributed by atoms with E-state index in [1.807, 2.05) is 9.80 Å². The van der Waals surface area contributed by atoms with E-state index in [9.17, 15) is 59.4 Å². The molecule has 24 nitrogen and oxygen atoms in total. The highest BCUT2D eigenvalue weighted by molar-refractivity contribution is 5.85. The van der Waals surface area contributed by atoms with Crippen molar-refractivity contribution >= 4 is 35.8 Å². The molecule has 0 aliphatic carbocycles. The quantitative estimate of drug-likeness (QED) is 0.0476. The Morgan fingerprint density at radius 2 is 0.613 bits per heavy atom. The van der Waals surface area contributed by atoms with Gasteiger partial charge in [0.1, 0.15) is 12.1 Å². The number of carboxylic acids is 6. The Bertz CT molecular complexity index is 1190. The minimum Gasteiger partial charge on any atom is -0.480 e. The summed E-state index contributed by atoms with van der Waals surface area (Å²) in [7, 11) is 3.12. The van der Waals surface area contributed by atoms with Crippen LogP contribution in [0.4, 0.5) is 0 Å². The van der Waals surface area contributed by atoms with E-state index in [1.165, 1.54) is 9.80 Å². The van der Waals surface area contributed by atoms with Gasteiger partial charge in [0.25, 0.3) is 0 Å². The summed E-state index contributed by atoms with van der Waals surface area (Å²) < 4.78 is 21.3. The molecule has 2 aliphatic rings. The summed E-state index contributed by atoms with van der Waals surface area (Å²) in [6.07, 6.45) is 0. The molecular weight excluding hydrogens is 824 g/mol. The van der Waals surface area contributed by atoms with Crippen LogP contribution in [0, 0.1) is 0 Å². The van der Waals surface area contributed by atoms with Gasteiger partial charge in [0.2, 0.25) is 0 Å². The summed E-state index contributed by atoms with van der Waals surface area (Å²) in [6, 6.07) is -3.48. The van der Waals surface area contributed by atoms with Crippen LogP contribution in [-0.2, 0) is 47.7 Å². The fourth-order valence-electron chi connectivity index (χ4n) is 7.36. The maximum absolute atomic E-state index is 13.4. The van der Waals surface area contributed by atoms with Crippen LogP contribution in [0.1, 0.15) is 0 Å². The number of aliphatic carboxylic acids is 6. The molecule has 0 bridgehead atoms. The van der Waals surface area contributed by atoms with Gasteiger partial charge in [-0.1, -0.05) is 0 Å². The Labute approximate surface area is 362 Å². The average molecular weight is 895 g/mol. The van der Waals surface area contributed by atoms with E-state index in [0.29, 0.717) is 78.9 Å². The number of methoxy groups -OCH3 is 2. The van der Waals surface area contributed by atoms with Crippen LogP contribution < -0.4 is 0 Å². The van der Waals surface area contributed by atoms with Crippen LogP contribution in [-0.4, -0.2) is 316 Å². The molecule has 358 valence electrons. The van der Waals surface area contributed by atoms with Gasteiger partial charge in [-0.15, -0.1) is 0 Å². The van der Waals surface area contributed by atoms with Crippen molar-refractivity contribution < 1.29 is 78.4 Å². The average Bonchev–Trinajstić information content (AvgIpc) is 3.18. The second-order valence-electron chi connectivity index (χ2n) is 15.2. The topological polar surface area (TPSA) is 287 Å². The van der Waals surface area contributed by atoms with E-state index >= 15 is 0 Å². The Morgan fingerprint density at radius 1 is 0.371 bits per heavy atom. The Balaban J connectivity index is 2.50. The summed E-state index contributed by atoms with van der Waals surface area (Å²) in [5.74, 6) is -7.43. The van der Waals surface area contributed by atoms with Crippen molar-refractivity contribution in [3.05, 3.63) is 0 Å². The lowest BCUT2D eigenvalue weighted by Gasteiger charge is -2.41. The fourth-order valence-corrected chi connectivity index (χ4v) is 7.36. The Hall–Kier alpha value is -3.66. The van der Waals surface area contributed by atoms with Crippen LogP contribution in [0.25, 0.3) is 0 Å². The molecule has 0 aromatic heterocycles. The van der Waals surface area contributed by atoms with Gasteiger partial charge in [0, 0.05) is 132 Å². The standard InChI is InChI=1S/C38H70N8O16/c1-59-23-25-61-21-19-39-3-7-41(27-31(47)48)11-15-45(16-12-42(8-4-39)28-32(49)50)35(37(55)56)36(38(57)58)46-17-13-43(29-33(51)52)9-5-40(20-22-62-26-24-60-2)6-10-44(14-18-46)30-34(53)54/h35-36H,3-30H2,1-2H3,(H,47,48)(H,49,50)(H,51,52)(H,53,54)(H,55,56)(H,57,58). The first kappa shape index (κ1) is 54.5.